The van der Waals surface area contributed by atoms with E-state index in [0.29, 0.717) is 31.0 Å². The molecule has 1 saturated heterocycles. The fourth-order valence-electron chi connectivity index (χ4n) is 5.29. The third-order valence-electron chi connectivity index (χ3n) is 7.35. The standard InChI is InChI=1S/C28H27F2N5O2S/c1-2-25-31-20-8-3-4-9-23(20)35(25)15-26(36)34-12-10-17(11-13-34)28-32-22(16-38-28)21-14-24(37-33-21)27-18(29)6-5-7-19(27)30/h3-9,16-17,24H,2,10-15H2,1H3. The third kappa shape index (κ3) is 4.57. The molecule has 4 heterocycles. The van der Waals surface area contributed by atoms with Crippen molar-refractivity contribution in [2.45, 2.75) is 51.2 Å². The molecule has 2 aliphatic rings. The summed E-state index contributed by atoms with van der Waals surface area (Å²) in [4.78, 5) is 29.9. The van der Waals surface area contributed by atoms with Gasteiger partial charge in [0.1, 0.15) is 29.7 Å². The Morgan fingerprint density at radius 3 is 2.61 bits per heavy atom. The molecule has 1 amide bonds. The SMILES string of the molecule is CCc1nc2ccccc2n1CC(=O)N1CCC(c2nc(C3=NOC(c4c(F)cccc4F)C3)cs2)CC1. The fourth-order valence-corrected chi connectivity index (χ4v) is 6.29. The van der Waals surface area contributed by atoms with E-state index in [9.17, 15) is 13.6 Å². The summed E-state index contributed by atoms with van der Waals surface area (Å²) in [7, 11) is 0. The Balaban J connectivity index is 1.07. The number of aromatic nitrogens is 3. The van der Waals surface area contributed by atoms with Crippen LogP contribution in [0.1, 0.15) is 60.3 Å². The average Bonchev–Trinajstić information content (AvgIpc) is 3.68. The minimum Gasteiger partial charge on any atom is -0.387 e. The minimum absolute atomic E-state index is 0.102. The third-order valence-corrected chi connectivity index (χ3v) is 8.36. The Morgan fingerprint density at radius 2 is 1.84 bits per heavy atom. The zero-order chi connectivity index (χ0) is 26.2. The summed E-state index contributed by atoms with van der Waals surface area (Å²) < 4.78 is 30.4. The van der Waals surface area contributed by atoms with Crippen LogP contribution in [-0.2, 0) is 22.6 Å². The van der Waals surface area contributed by atoms with E-state index >= 15 is 0 Å². The summed E-state index contributed by atoms with van der Waals surface area (Å²) >= 11 is 1.55. The monoisotopic (exact) mass is 535 g/mol. The van der Waals surface area contributed by atoms with Gasteiger partial charge in [-0.25, -0.2) is 18.7 Å². The number of piperidine rings is 1. The molecule has 0 bridgehead atoms. The highest BCUT2D eigenvalue weighted by Gasteiger charge is 2.31. The van der Waals surface area contributed by atoms with Gasteiger partial charge in [0, 0.05) is 37.2 Å². The molecule has 6 rings (SSSR count). The Labute approximate surface area is 222 Å². The van der Waals surface area contributed by atoms with Crippen molar-refractivity contribution in [1.29, 1.82) is 0 Å². The van der Waals surface area contributed by atoms with Gasteiger partial charge in [0.15, 0.2) is 6.10 Å². The number of hydrogen-bond acceptors (Lipinski definition) is 6. The number of hydrogen-bond donors (Lipinski definition) is 0. The van der Waals surface area contributed by atoms with Gasteiger partial charge in [-0.2, -0.15) is 0 Å². The number of rotatable bonds is 6. The minimum atomic E-state index is -0.800. The maximum absolute atomic E-state index is 14.2. The maximum atomic E-state index is 14.2. The lowest BCUT2D eigenvalue weighted by molar-refractivity contribution is -0.132. The molecule has 2 aliphatic heterocycles. The van der Waals surface area contributed by atoms with Gasteiger partial charge in [0.25, 0.3) is 0 Å². The number of para-hydroxylation sites is 2. The van der Waals surface area contributed by atoms with Crippen LogP contribution in [0.2, 0.25) is 0 Å². The Hall–Kier alpha value is -3.66. The van der Waals surface area contributed by atoms with Crippen LogP contribution in [0.4, 0.5) is 8.78 Å². The molecule has 196 valence electrons. The van der Waals surface area contributed by atoms with Crippen LogP contribution < -0.4 is 0 Å². The van der Waals surface area contributed by atoms with Gasteiger partial charge in [-0.15, -0.1) is 11.3 Å². The molecular weight excluding hydrogens is 508 g/mol. The number of likely N-dealkylation sites (tertiary alicyclic amines) is 1. The Kier molecular flexibility index (Phi) is 6.65. The number of nitrogens with zero attached hydrogens (tertiary/aromatic N) is 5. The van der Waals surface area contributed by atoms with Gasteiger partial charge in [-0.05, 0) is 37.1 Å². The van der Waals surface area contributed by atoms with Crippen LogP contribution in [0.25, 0.3) is 11.0 Å². The number of carbonyl (C=O) groups is 1. The van der Waals surface area contributed by atoms with Gasteiger partial charge < -0.3 is 14.3 Å². The largest absolute Gasteiger partial charge is 0.387 e. The van der Waals surface area contributed by atoms with Gasteiger partial charge in [-0.3, -0.25) is 4.79 Å². The van der Waals surface area contributed by atoms with Crippen molar-refractivity contribution in [3.8, 4) is 0 Å². The van der Waals surface area contributed by atoms with Crippen molar-refractivity contribution >= 4 is 34.0 Å². The first-order valence-corrected chi connectivity index (χ1v) is 13.7. The molecule has 1 atom stereocenters. The topological polar surface area (TPSA) is 72.6 Å². The van der Waals surface area contributed by atoms with Crippen molar-refractivity contribution < 1.29 is 18.4 Å². The summed E-state index contributed by atoms with van der Waals surface area (Å²) in [5.74, 6) is -0.00732. The number of benzene rings is 2. The molecule has 1 fully saturated rings. The second-order valence-electron chi connectivity index (χ2n) is 9.65. The van der Waals surface area contributed by atoms with Gasteiger partial charge >= 0.3 is 0 Å². The normalized spacial score (nSPS) is 18.1. The molecule has 1 unspecified atom stereocenters. The van der Waals surface area contributed by atoms with Crippen molar-refractivity contribution in [1.82, 2.24) is 19.4 Å². The zero-order valence-corrected chi connectivity index (χ0v) is 21.8. The van der Waals surface area contributed by atoms with Crippen LogP contribution >= 0.6 is 11.3 Å². The van der Waals surface area contributed by atoms with E-state index < -0.39 is 17.7 Å². The van der Waals surface area contributed by atoms with E-state index in [-0.39, 0.29) is 23.8 Å². The second kappa shape index (κ2) is 10.2. The van der Waals surface area contributed by atoms with Gasteiger partial charge in [0.2, 0.25) is 5.91 Å². The summed E-state index contributed by atoms with van der Waals surface area (Å²) in [6.45, 7) is 3.69. The van der Waals surface area contributed by atoms with E-state index in [0.717, 1.165) is 41.1 Å². The quantitative estimate of drug-likeness (QED) is 0.322. The lowest BCUT2D eigenvalue weighted by Gasteiger charge is -2.31. The highest BCUT2D eigenvalue weighted by atomic mass is 32.1. The number of aryl methyl sites for hydroxylation is 1. The summed E-state index contributed by atoms with van der Waals surface area (Å²) in [5, 5.41) is 6.99. The van der Waals surface area contributed by atoms with Crippen LogP contribution in [0.3, 0.4) is 0 Å². The van der Waals surface area contributed by atoms with Crippen LogP contribution in [0.5, 0.6) is 0 Å². The van der Waals surface area contributed by atoms with E-state index in [2.05, 4.69) is 17.1 Å². The Bertz CT molecular complexity index is 1500. The number of carbonyl (C=O) groups excluding carboxylic acids is 1. The smallest absolute Gasteiger partial charge is 0.242 e. The first-order valence-electron chi connectivity index (χ1n) is 12.9. The summed E-state index contributed by atoms with van der Waals surface area (Å²) in [5.41, 5.74) is 3.07. The lowest BCUT2D eigenvalue weighted by atomic mass is 9.97. The van der Waals surface area contributed by atoms with Crippen LogP contribution in [-0.4, -0.2) is 44.1 Å². The predicted octanol–water partition coefficient (Wildman–Crippen LogP) is 5.61. The van der Waals surface area contributed by atoms with Gasteiger partial charge in [0.05, 0.1) is 27.3 Å². The first kappa shape index (κ1) is 24.7. The van der Waals surface area contributed by atoms with E-state index in [1.807, 2.05) is 39.1 Å². The molecule has 4 aromatic rings. The second-order valence-corrected chi connectivity index (χ2v) is 10.5. The van der Waals surface area contributed by atoms with Crippen molar-refractivity contribution in [3.05, 3.63) is 81.6 Å². The van der Waals surface area contributed by atoms with E-state index in [1.54, 1.807) is 11.3 Å². The highest BCUT2D eigenvalue weighted by Crippen LogP contribution is 2.35. The first-order chi connectivity index (χ1) is 18.5. The van der Waals surface area contributed by atoms with Crippen molar-refractivity contribution in [2.75, 3.05) is 13.1 Å². The maximum Gasteiger partial charge on any atom is 0.242 e. The number of fused-ring (bicyclic) bond motifs is 1. The molecule has 0 N–H and O–H groups in total. The Morgan fingerprint density at radius 1 is 1.08 bits per heavy atom. The number of imidazole rings is 1. The average molecular weight is 536 g/mol. The zero-order valence-electron chi connectivity index (χ0n) is 20.9. The molecule has 0 saturated carbocycles. The summed E-state index contributed by atoms with van der Waals surface area (Å²) in [6.07, 6.45) is 1.89. The molecule has 2 aromatic carbocycles. The number of halogens is 2. The molecular formula is C28H27F2N5O2S. The molecule has 7 nitrogen and oxygen atoms in total. The van der Waals surface area contributed by atoms with E-state index in [1.165, 1.54) is 18.2 Å². The highest BCUT2D eigenvalue weighted by molar-refractivity contribution is 7.10. The molecule has 10 heteroatoms. The lowest BCUT2D eigenvalue weighted by Crippen LogP contribution is -2.40. The number of thiazole rings is 1. The van der Waals surface area contributed by atoms with Crippen molar-refractivity contribution in [2.24, 2.45) is 5.16 Å². The number of amides is 1. The van der Waals surface area contributed by atoms with E-state index in [4.69, 9.17) is 9.82 Å². The van der Waals surface area contributed by atoms with Crippen molar-refractivity contribution in [3.63, 3.8) is 0 Å². The number of oxime groups is 1. The van der Waals surface area contributed by atoms with Gasteiger partial charge in [-0.1, -0.05) is 30.3 Å². The molecule has 2 aromatic heterocycles. The predicted molar refractivity (Wildman–Crippen MR) is 141 cm³/mol. The van der Waals surface area contributed by atoms with Crippen LogP contribution in [0.15, 0.2) is 53.0 Å². The molecule has 0 aliphatic carbocycles. The van der Waals surface area contributed by atoms with Crippen LogP contribution in [0, 0.1) is 11.6 Å². The molecule has 0 spiro atoms. The molecule has 0 radical (unpaired) electrons. The fraction of sp³-hybridized carbons (Fsp3) is 0.357. The molecule has 38 heavy (non-hydrogen) atoms. The summed E-state index contributed by atoms with van der Waals surface area (Å²) in [6, 6.07) is 11.7.